The van der Waals surface area contributed by atoms with E-state index in [1.807, 2.05) is 59.6 Å². The van der Waals surface area contributed by atoms with Crippen LogP contribution in [-0.4, -0.2) is 28.1 Å². The van der Waals surface area contributed by atoms with Crippen LogP contribution in [0.25, 0.3) is 0 Å². The molecule has 1 aliphatic rings. The predicted octanol–water partition coefficient (Wildman–Crippen LogP) is 5.46. The normalized spacial score (nSPS) is 15.1. The molecule has 1 amide bonds. The van der Waals surface area contributed by atoms with Crippen LogP contribution in [-0.2, 0) is 5.75 Å². The van der Waals surface area contributed by atoms with E-state index in [9.17, 15) is 4.79 Å². The molecule has 1 saturated heterocycles. The van der Waals surface area contributed by atoms with Crippen molar-refractivity contribution in [2.24, 2.45) is 0 Å². The maximum absolute atomic E-state index is 12.5. The zero-order valence-electron chi connectivity index (χ0n) is 14.2. The van der Waals surface area contributed by atoms with E-state index < -0.39 is 0 Å². The lowest BCUT2D eigenvalue weighted by Gasteiger charge is -2.21. The highest BCUT2D eigenvalue weighted by Crippen LogP contribution is 2.43. The van der Waals surface area contributed by atoms with Gasteiger partial charge < -0.3 is 5.32 Å². The van der Waals surface area contributed by atoms with E-state index in [1.54, 1.807) is 6.20 Å². The summed E-state index contributed by atoms with van der Waals surface area (Å²) < 4.78 is 0.500. The number of anilines is 1. The smallest absolute Gasteiger partial charge is 0.256 e. The molecule has 2 aromatic rings. The van der Waals surface area contributed by atoms with Gasteiger partial charge in [0.1, 0.15) is 5.82 Å². The molecule has 2 heterocycles. The Bertz CT molecular complexity index is 700. The van der Waals surface area contributed by atoms with Crippen LogP contribution in [0.5, 0.6) is 0 Å². The van der Waals surface area contributed by atoms with Gasteiger partial charge in [-0.25, -0.2) is 4.98 Å². The highest BCUT2D eigenvalue weighted by atomic mass is 32.2. The molecular formula is C19H22N2OS3. The Morgan fingerprint density at radius 2 is 2.00 bits per heavy atom. The maximum Gasteiger partial charge on any atom is 0.256 e. The summed E-state index contributed by atoms with van der Waals surface area (Å²) in [6, 6.07) is 11.9. The zero-order chi connectivity index (χ0) is 17.5. The van der Waals surface area contributed by atoms with Crippen molar-refractivity contribution in [3.8, 4) is 0 Å². The summed E-state index contributed by atoms with van der Waals surface area (Å²) in [5.74, 6) is 4.96. The molecule has 0 radical (unpaired) electrons. The average Bonchev–Trinajstić information content (AvgIpc) is 2.67. The minimum atomic E-state index is -0.108. The summed E-state index contributed by atoms with van der Waals surface area (Å²) in [5, 5.41) is 2.90. The van der Waals surface area contributed by atoms with Gasteiger partial charge in [0.2, 0.25) is 0 Å². The first-order chi connectivity index (χ1) is 12.3. The monoisotopic (exact) mass is 390 g/mol. The molecule has 0 spiro atoms. The van der Waals surface area contributed by atoms with E-state index >= 15 is 0 Å². The minimum Gasteiger partial charge on any atom is -0.307 e. The lowest BCUT2D eigenvalue weighted by molar-refractivity contribution is 0.102. The van der Waals surface area contributed by atoms with Gasteiger partial charge in [0.05, 0.1) is 4.58 Å². The molecule has 6 heteroatoms. The molecule has 1 aromatic carbocycles. The Labute approximate surface area is 162 Å². The number of nitrogens with zero attached hydrogens (tertiary/aromatic N) is 1. The molecule has 0 unspecified atom stereocenters. The number of benzene rings is 1. The molecule has 0 saturated carbocycles. The second-order valence-electron chi connectivity index (χ2n) is 5.69. The van der Waals surface area contributed by atoms with Crippen molar-refractivity contribution in [2.75, 3.05) is 22.6 Å². The van der Waals surface area contributed by atoms with Gasteiger partial charge in [-0.3, -0.25) is 4.79 Å². The second kappa shape index (κ2) is 9.55. The highest BCUT2D eigenvalue weighted by Gasteiger charge is 2.17. The first-order valence-electron chi connectivity index (χ1n) is 8.43. The lowest BCUT2D eigenvalue weighted by Crippen LogP contribution is -2.13. The average molecular weight is 391 g/mol. The third kappa shape index (κ3) is 5.43. The number of carbonyl (C=O) groups excluding carboxylic acids is 1. The number of carbonyl (C=O) groups is 1. The molecule has 0 aliphatic carbocycles. The van der Waals surface area contributed by atoms with Crippen LogP contribution in [0, 0.1) is 0 Å². The molecule has 3 rings (SSSR count). The first kappa shape index (κ1) is 18.7. The second-order valence-corrected chi connectivity index (χ2v) is 9.69. The van der Waals surface area contributed by atoms with E-state index in [0.717, 1.165) is 11.5 Å². The van der Waals surface area contributed by atoms with Gasteiger partial charge in [-0.1, -0.05) is 19.1 Å². The summed E-state index contributed by atoms with van der Waals surface area (Å²) >= 11 is 5.84. The van der Waals surface area contributed by atoms with Gasteiger partial charge in [0, 0.05) is 17.5 Å². The fourth-order valence-electron chi connectivity index (χ4n) is 2.51. The molecule has 1 N–H and O–H groups in total. The van der Waals surface area contributed by atoms with E-state index in [2.05, 4.69) is 29.4 Å². The van der Waals surface area contributed by atoms with Gasteiger partial charge in [-0.05, 0) is 59.1 Å². The Morgan fingerprint density at radius 3 is 2.72 bits per heavy atom. The number of pyridine rings is 1. The van der Waals surface area contributed by atoms with Gasteiger partial charge in [0.15, 0.2) is 0 Å². The fourth-order valence-corrected chi connectivity index (χ4v) is 6.03. The van der Waals surface area contributed by atoms with Crippen LogP contribution in [0.2, 0.25) is 0 Å². The van der Waals surface area contributed by atoms with Crippen molar-refractivity contribution >= 4 is 47.0 Å². The third-order valence-electron chi connectivity index (χ3n) is 3.81. The largest absolute Gasteiger partial charge is 0.307 e. The summed E-state index contributed by atoms with van der Waals surface area (Å²) in [7, 11) is 0. The van der Waals surface area contributed by atoms with Crippen LogP contribution in [0.3, 0.4) is 0 Å². The SMILES string of the molecule is CCSCc1ccnc(NC(=O)c2ccc(C3SCCCS3)cc2)c1. The number of hydrogen-bond donors (Lipinski definition) is 1. The van der Waals surface area contributed by atoms with Crippen molar-refractivity contribution in [2.45, 2.75) is 23.7 Å². The molecule has 1 aliphatic heterocycles. The topological polar surface area (TPSA) is 42.0 Å². The third-order valence-corrected chi connectivity index (χ3v) is 7.77. The van der Waals surface area contributed by atoms with Crippen molar-refractivity contribution < 1.29 is 4.79 Å². The molecule has 132 valence electrons. The molecule has 0 atom stereocenters. The zero-order valence-corrected chi connectivity index (χ0v) is 16.7. The lowest BCUT2D eigenvalue weighted by atomic mass is 10.1. The standard InChI is InChI=1S/C19H22N2OS3/c1-2-23-13-14-8-9-20-17(12-14)21-18(22)15-4-6-16(7-5-15)19-24-10-3-11-25-19/h4-9,12,19H,2-3,10-11,13H2,1H3,(H,20,21,22). The van der Waals surface area contributed by atoms with Crippen LogP contribution in [0.4, 0.5) is 5.82 Å². The van der Waals surface area contributed by atoms with Gasteiger partial charge in [0.25, 0.3) is 5.91 Å². The number of amides is 1. The van der Waals surface area contributed by atoms with Crippen molar-refractivity contribution in [1.29, 1.82) is 0 Å². The number of hydrogen-bond acceptors (Lipinski definition) is 5. The van der Waals surface area contributed by atoms with Crippen LogP contribution in [0.1, 0.15) is 39.4 Å². The quantitative estimate of drug-likeness (QED) is 0.710. The van der Waals surface area contributed by atoms with Crippen LogP contribution < -0.4 is 5.32 Å². The van der Waals surface area contributed by atoms with Crippen molar-refractivity contribution in [3.63, 3.8) is 0 Å². The predicted molar refractivity (Wildman–Crippen MR) is 113 cm³/mol. The van der Waals surface area contributed by atoms with Gasteiger partial charge >= 0.3 is 0 Å². The first-order valence-corrected chi connectivity index (χ1v) is 11.7. The van der Waals surface area contributed by atoms with E-state index in [0.29, 0.717) is 16.0 Å². The summed E-state index contributed by atoms with van der Waals surface area (Å²) in [6.45, 7) is 2.14. The summed E-state index contributed by atoms with van der Waals surface area (Å²) in [6.07, 6.45) is 3.04. The molecule has 25 heavy (non-hydrogen) atoms. The summed E-state index contributed by atoms with van der Waals surface area (Å²) in [4.78, 5) is 16.7. The molecule has 1 fully saturated rings. The van der Waals surface area contributed by atoms with E-state index in [4.69, 9.17) is 0 Å². The molecule has 0 bridgehead atoms. The van der Waals surface area contributed by atoms with Crippen LogP contribution in [0.15, 0.2) is 42.6 Å². The van der Waals surface area contributed by atoms with E-state index in [-0.39, 0.29) is 5.91 Å². The molecular weight excluding hydrogens is 368 g/mol. The number of rotatable bonds is 6. The van der Waals surface area contributed by atoms with Crippen LogP contribution >= 0.6 is 35.3 Å². The molecule has 1 aromatic heterocycles. The summed E-state index contributed by atoms with van der Waals surface area (Å²) in [5.41, 5.74) is 3.14. The minimum absolute atomic E-state index is 0.108. The van der Waals surface area contributed by atoms with E-state index in [1.165, 1.54) is 29.1 Å². The number of nitrogens with one attached hydrogen (secondary N) is 1. The Kier molecular flexibility index (Phi) is 7.13. The highest BCUT2D eigenvalue weighted by molar-refractivity contribution is 8.16. The number of thioether (sulfide) groups is 3. The Hall–Kier alpha value is -1.11. The van der Waals surface area contributed by atoms with Crippen molar-refractivity contribution in [3.05, 3.63) is 59.3 Å². The fraction of sp³-hybridized carbons (Fsp3) is 0.368. The number of aromatic nitrogens is 1. The molecule has 3 nitrogen and oxygen atoms in total. The maximum atomic E-state index is 12.5. The Balaban J connectivity index is 1.63. The Morgan fingerprint density at radius 1 is 1.24 bits per heavy atom. The van der Waals surface area contributed by atoms with Crippen molar-refractivity contribution in [1.82, 2.24) is 4.98 Å². The van der Waals surface area contributed by atoms with Gasteiger partial charge in [-0.15, -0.1) is 23.5 Å². The van der Waals surface area contributed by atoms with Gasteiger partial charge in [-0.2, -0.15) is 11.8 Å².